The molecule has 0 radical (unpaired) electrons. The molecule has 0 aromatic carbocycles. The molecule has 1 heterocycles. The van der Waals surface area contributed by atoms with Crippen LogP contribution in [0.5, 0.6) is 0 Å². The summed E-state index contributed by atoms with van der Waals surface area (Å²) in [6.07, 6.45) is 5.38. The number of carbonyl (C=O) groups is 1. The molecule has 1 aliphatic rings. The Morgan fingerprint density at radius 2 is 2.31 bits per heavy atom. The topological polar surface area (TPSA) is 46.5 Å². The molecule has 72 valence electrons. The average molecular weight is 182 g/mol. The first kappa shape index (κ1) is 9.99. The molecule has 13 heavy (non-hydrogen) atoms. The maximum Gasteiger partial charge on any atom is 0.328 e. The van der Waals surface area contributed by atoms with Crippen molar-refractivity contribution >= 4 is 5.97 Å². The lowest BCUT2D eigenvalue weighted by Crippen LogP contribution is -2.19. The highest BCUT2D eigenvalue weighted by atomic mass is 16.5. The Balaban J connectivity index is 2.66. The smallest absolute Gasteiger partial charge is 0.328 e. The molecule has 1 fully saturated rings. The van der Waals surface area contributed by atoms with Crippen LogP contribution in [-0.2, 0) is 9.53 Å². The fourth-order valence-corrected chi connectivity index (χ4v) is 1.34. The van der Waals surface area contributed by atoms with Crippen molar-refractivity contribution in [1.29, 1.82) is 0 Å². The Morgan fingerprint density at radius 3 is 2.77 bits per heavy atom. The lowest BCUT2D eigenvalue weighted by molar-refractivity contribution is -0.131. The fraction of sp³-hybridized carbons (Fsp3) is 0.500. The van der Waals surface area contributed by atoms with E-state index in [2.05, 4.69) is 0 Å². The minimum Gasteiger partial charge on any atom is -0.478 e. The molecule has 0 amide bonds. The van der Waals surface area contributed by atoms with Gasteiger partial charge in [0.25, 0.3) is 0 Å². The van der Waals surface area contributed by atoms with Gasteiger partial charge in [-0.3, -0.25) is 0 Å². The Kier molecular flexibility index (Phi) is 2.88. The zero-order valence-corrected chi connectivity index (χ0v) is 7.91. The van der Waals surface area contributed by atoms with Crippen molar-refractivity contribution in [3.05, 3.63) is 23.8 Å². The molecule has 0 atom stereocenters. The molecular weight excluding hydrogens is 168 g/mol. The van der Waals surface area contributed by atoms with Crippen molar-refractivity contribution in [3.8, 4) is 0 Å². The summed E-state index contributed by atoms with van der Waals surface area (Å²) in [5.41, 5.74) is 0.910. The minimum atomic E-state index is -0.923. The van der Waals surface area contributed by atoms with Gasteiger partial charge in [-0.1, -0.05) is 12.2 Å². The van der Waals surface area contributed by atoms with Crippen molar-refractivity contribution in [3.63, 3.8) is 0 Å². The second-order valence-electron chi connectivity index (χ2n) is 3.50. The van der Waals surface area contributed by atoms with Gasteiger partial charge in [0, 0.05) is 6.08 Å². The van der Waals surface area contributed by atoms with Crippen molar-refractivity contribution in [2.45, 2.75) is 25.9 Å². The Morgan fingerprint density at radius 1 is 1.62 bits per heavy atom. The van der Waals surface area contributed by atoms with Gasteiger partial charge < -0.3 is 9.84 Å². The van der Waals surface area contributed by atoms with Gasteiger partial charge in [0.1, 0.15) is 0 Å². The number of rotatable bonds is 2. The summed E-state index contributed by atoms with van der Waals surface area (Å²) >= 11 is 0. The molecule has 0 aromatic heterocycles. The van der Waals surface area contributed by atoms with Crippen molar-refractivity contribution in [1.82, 2.24) is 0 Å². The first-order valence-electron chi connectivity index (χ1n) is 4.27. The van der Waals surface area contributed by atoms with E-state index < -0.39 is 5.97 Å². The van der Waals surface area contributed by atoms with Gasteiger partial charge in [-0.15, -0.1) is 0 Å². The molecule has 0 bridgehead atoms. The number of carboxylic acid groups (broad SMARTS) is 1. The second kappa shape index (κ2) is 3.75. The molecule has 1 saturated heterocycles. The van der Waals surface area contributed by atoms with E-state index in [1.54, 1.807) is 6.08 Å². The molecule has 3 heteroatoms. The van der Waals surface area contributed by atoms with Crippen LogP contribution < -0.4 is 0 Å². The van der Waals surface area contributed by atoms with Gasteiger partial charge in [0.2, 0.25) is 0 Å². The quantitative estimate of drug-likeness (QED) is 0.662. The van der Waals surface area contributed by atoms with E-state index in [0.717, 1.165) is 24.7 Å². The summed E-state index contributed by atoms with van der Waals surface area (Å²) in [4.78, 5) is 10.2. The van der Waals surface area contributed by atoms with Crippen LogP contribution in [0.15, 0.2) is 23.8 Å². The molecule has 1 rings (SSSR count). The van der Waals surface area contributed by atoms with Crippen molar-refractivity contribution < 1.29 is 14.6 Å². The summed E-state index contributed by atoms with van der Waals surface area (Å²) in [6, 6.07) is 0. The Labute approximate surface area is 77.7 Å². The summed E-state index contributed by atoms with van der Waals surface area (Å²) in [5, 5.41) is 8.37. The third kappa shape index (κ3) is 2.70. The van der Waals surface area contributed by atoms with Crippen LogP contribution in [0, 0.1) is 0 Å². The summed E-state index contributed by atoms with van der Waals surface area (Å²) in [7, 11) is 0. The van der Waals surface area contributed by atoms with Crippen LogP contribution in [0.1, 0.15) is 20.3 Å². The molecule has 1 N–H and O–H groups in total. The largest absolute Gasteiger partial charge is 0.478 e. The Hall–Kier alpha value is -1.09. The highest BCUT2D eigenvalue weighted by Gasteiger charge is 2.28. The van der Waals surface area contributed by atoms with Crippen LogP contribution in [0.3, 0.4) is 0 Å². The maximum atomic E-state index is 10.2. The second-order valence-corrected chi connectivity index (χ2v) is 3.50. The monoisotopic (exact) mass is 182 g/mol. The van der Waals surface area contributed by atoms with Crippen LogP contribution in [0.2, 0.25) is 0 Å². The molecule has 0 aliphatic carbocycles. The van der Waals surface area contributed by atoms with Gasteiger partial charge in [0.05, 0.1) is 12.2 Å². The lowest BCUT2D eigenvalue weighted by Gasteiger charge is -2.18. The van der Waals surface area contributed by atoms with E-state index in [1.807, 2.05) is 19.9 Å². The third-order valence-corrected chi connectivity index (χ3v) is 2.14. The fourth-order valence-electron chi connectivity index (χ4n) is 1.34. The van der Waals surface area contributed by atoms with E-state index in [0.29, 0.717) is 0 Å². The van der Waals surface area contributed by atoms with E-state index in [4.69, 9.17) is 9.84 Å². The van der Waals surface area contributed by atoms with Gasteiger partial charge in [0.15, 0.2) is 0 Å². The maximum absolute atomic E-state index is 10.2. The number of carboxylic acids is 1. The molecular formula is C10H14O3. The number of hydrogen-bond donors (Lipinski definition) is 1. The predicted molar refractivity (Wildman–Crippen MR) is 49.5 cm³/mol. The van der Waals surface area contributed by atoms with Crippen molar-refractivity contribution in [2.24, 2.45) is 0 Å². The zero-order chi connectivity index (χ0) is 9.90. The average Bonchev–Trinajstić information content (AvgIpc) is 2.30. The van der Waals surface area contributed by atoms with E-state index in [-0.39, 0.29) is 5.60 Å². The van der Waals surface area contributed by atoms with Gasteiger partial charge >= 0.3 is 5.97 Å². The SMILES string of the molecule is CC1(C)OCC/C1=C\C=C\C(=O)O. The lowest BCUT2D eigenvalue weighted by atomic mass is 9.98. The molecule has 0 unspecified atom stereocenters. The van der Waals surface area contributed by atoms with Crippen LogP contribution in [0.4, 0.5) is 0 Å². The number of aliphatic carboxylic acids is 1. The normalized spacial score (nSPS) is 24.3. The highest BCUT2D eigenvalue weighted by Crippen LogP contribution is 2.30. The first-order valence-corrected chi connectivity index (χ1v) is 4.27. The van der Waals surface area contributed by atoms with Gasteiger partial charge in [-0.2, -0.15) is 0 Å². The zero-order valence-electron chi connectivity index (χ0n) is 7.91. The van der Waals surface area contributed by atoms with Gasteiger partial charge in [-0.05, 0) is 25.8 Å². The van der Waals surface area contributed by atoms with Crippen LogP contribution >= 0.6 is 0 Å². The minimum absolute atomic E-state index is 0.233. The van der Waals surface area contributed by atoms with Crippen LogP contribution in [0.25, 0.3) is 0 Å². The Bertz CT molecular complexity index is 261. The van der Waals surface area contributed by atoms with Gasteiger partial charge in [-0.25, -0.2) is 4.79 Å². The molecule has 0 saturated carbocycles. The molecule has 1 aliphatic heterocycles. The van der Waals surface area contributed by atoms with E-state index in [9.17, 15) is 4.79 Å². The molecule has 0 aromatic rings. The third-order valence-electron chi connectivity index (χ3n) is 2.14. The molecule has 0 spiro atoms. The summed E-state index contributed by atoms with van der Waals surface area (Å²) in [6.45, 7) is 4.70. The summed E-state index contributed by atoms with van der Waals surface area (Å²) < 4.78 is 5.46. The molecule has 3 nitrogen and oxygen atoms in total. The number of hydrogen-bond acceptors (Lipinski definition) is 2. The van der Waals surface area contributed by atoms with Crippen LogP contribution in [-0.4, -0.2) is 23.3 Å². The van der Waals surface area contributed by atoms with E-state index >= 15 is 0 Å². The van der Waals surface area contributed by atoms with Crippen molar-refractivity contribution in [2.75, 3.05) is 6.61 Å². The number of ether oxygens (including phenoxy) is 1. The summed E-state index contributed by atoms with van der Waals surface area (Å²) in [5.74, 6) is -0.923. The highest BCUT2D eigenvalue weighted by molar-refractivity contribution is 5.80. The predicted octanol–water partition coefficient (Wildman–Crippen LogP) is 1.75. The first-order chi connectivity index (χ1) is 6.02. The standard InChI is InChI=1S/C10H14O3/c1-10(2)8(6-7-13-10)4-3-5-9(11)12/h3-5H,6-7H2,1-2H3,(H,11,12)/b5-3+,8-4+. The van der Waals surface area contributed by atoms with E-state index in [1.165, 1.54) is 0 Å². The number of allylic oxidation sites excluding steroid dienone is 2.